The molecule has 1 saturated heterocycles. The van der Waals surface area contributed by atoms with E-state index in [1.54, 1.807) is 0 Å². The molecule has 0 atom stereocenters. The average molecular weight is 275 g/mol. The van der Waals surface area contributed by atoms with Crippen LogP contribution in [0.15, 0.2) is 23.1 Å². The Kier molecular flexibility index (Phi) is 3.05. The van der Waals surface area contributed by atoms with Crippen molar-refractivity contribution in [1.29, 1.82) is 0 Å². The maximum atomic E-state index is 13.3. The summed E-state index contributed by atoms with van der Waals surface area (Å²) in [4.78, 5) is 9.06. The lowest BCUT2D eigenvalue weighted by Gasteiger charge is -2.35. The molecule has 1 aliphatic rings. The van der Waals surface area contributed by atoms with E-state index in [0.717, 1.165) is 22.5 Å². The summed E-state index contributed by atoms with van der Waals surface area (Å²) in [6.07, 6.45) is 0. The number of rotatable bonds is 3. The van der Waals surface area contributed by atoms with Crippen LogP contribution in [-0.4, -0.2) is 36.8 Å². The third kappa shape index (κ3) is 1.96. The molecule has 98 valence electrons. The Labute approximate surface area is 102 Å². The number of hydrogen-bond acceptors (Lipinski definition) is 5. The number of halogens is 1. The van der Waals surface area contributed by atoms with Gasteiger partial charge in [-0.2, -0.15) is 8.70 Å². The molecule has 0 unspecified atom stereocenters. The number of benzene rings is 1. The fourth-order valence-electron chi connectivity index (χ4n) is 1.69. The lowest BCUT2D eigenvalue weighted by Crippen LogP contribution is -2.57. The smallest absolute Gasteiger partial charge is 0.324 e. The second-order valence-electron chi connectivity index (χ2n) is 3.93. The van der Waals surface area contributed by atoms with Gasteiger partial charge in [-0.25, -0.2) is 8.42 Å². The van der Waals surface area contributed by atoms with Crippen LogP contribution in [0.5, 0.6) is 0 Å². The Balaban J connectivity index is 2.51. The van der Waals surface area contributed by atoms with Crippen LogP contribution in [0.4, 0.5) is 10.1 Å². The lowest BCUT2D eigenvalue weighted by molar-refractivity contribution is -0.390. The lowest BCUT2D eigenvalue weighted by atomic mass is 10.2. The molecule has 7 nitrogen and oxygen atoms in total. The van der Waals surface area contributed by atoms with Crippen molar-refractivity contribution in [2.75, 3.05) is 13.1 Å². The number of para-hydroxylation sites is 1. The van der Waals surface area contributed by atoms with E-state index in [1.165, 1.54) is 0 Å². The highest BCUT2D eigenvalue weighted by atomic mass is 32.2. The van der Waals surface area contributed by atoms with Gasteiger partial charge in [0.1, 0.15) is 0 Å². The van der Waals surface area contributed by atoms with E-state index in [4.69, 9.17) is 5.73 Å². The van der Waals surface area contributed by atoms with Crippen LogP contribution in [0.25, 0.3) is 0 Å². The molecule has 1 heterocycles. The standard InChI is InChI=1S/C9H10FN3O4S/c10-7-2-1-3-8(9(7)13(14)15)18(16,17)12-4-6(11)5-12/h1-3,6H,4-5,11H2. The predicted octanol–water partition coefficient (Wildman–Crippen LogP) is 0.0655. The SMILES string of the molecule is NC1CN(S(=O)(=O)c2cccc(F)c2[N+](=O)[O-])C1. The Bertz CT molecular complexity index is 598. The van der Waals surface area contributed by atoms with E-state index in [9.17, 15) is 22.9 Å². The fraction of sp³-hybridized carbons (Fsp3) is 0.333. The van der Waals surface area contributed by atoms with Gasteiger partial charge in [0, 0.05) is 19.1 Å². The van der Waals surface area contributed by atoms with Crippen LogP contribution in [0.1, 0.15) is 0 Å². The van der Waals surface area contributed by atoms with Crippen molar-refractivity contribution in [3.05, 3.63) is 34.1 Å². The predicted molar refractivity (Wildman–Crippen MR) is 59.8 cm³/mol. The molecule has 0 spiro atoms. The molecule has 1 aliphatic heterocycles. The molecule has 1 aromatic rings. The van der Waals surface area contributed by atoms with Crippen LogP contribution >= 0.6 is 0 Å². The summed E-state index contributed by atoms with van der Waals surface area (Å²) in [5.41, 5.74) is 4.43. The molecule has 1 fully saturated rings. The quantitative estimate of drug-likeness (QED) is 0.620. The summed E-state index contributed by atoms with van der Waals surface area (Å²) in [6.45, 7) is 0.159. The second-order valence-corrected chi connectivity index (χ2v) is 5.83. The van der Waals surface area contributed by atoms with Crippen molar-refractivity contribution in [2.45, 2.75) is 10.9 Å². The highest BCUT2D eigenvalue weighted by molar-refractivity contribution is 7.89. The molecule has 18 heavy (non-hydrogen) atoms. The number of nitrogens with two attached hydrogens (primary N) is 1. The molecular formula is C9H10FN3O4S. The summed E-state index contributed by atoms with van der Waals surface area (Å²) < 4.78 is 38.4. The third-order valence-corrected chi connectivity index (χ3v) is 4.49. The summed E-state index contributed by atoms with van der Waals surface area (Å²) in [6, 6.07) is 2.70. The zero-order valence-corrected chi connectivity index (χ0v) is 9.93. The first kappa shape index (κ1) is 12.9. The Morgan fingerprint density at radius 3 is 2.56 bits per heavy atom. The van der Waals surface area contributed by atoms with Gasteiger partial charge in [-0.15, -0.1) is 0 Å². The Morgan fingerprint density at radius 2 is 2.06 bits per heavy atom. The first-order valence-electron chi connectivity index (χ1n) is 5.02. The van der Waals surface area contributed by atoms with E-state index in [2.05, 4.69) is 0 Å². The van der Waals surface area contributed by atoms with Gasteiger partial charge in [0.15, 0.2) is 4.90 Å². The Hall–Kier alpha value is -1.58. The van der Waals surface area contributed by atoms with Crippen LogP contribution in [-0.2, 0) is 10.0 Å². The van der Waals surface area contributed by atoms with Gasteiger partial charge in [0.2, 0.25) is 15.8 Å². The molecule has 0 amide bonds. The monoisotopic (exact) mass is 275 g/mol. The molecule has 0 aliphatic carbocycles. The first-order chi connectivity index (χ1) is 8.34. The fourth-order valence-corrected chi connectivity index (χ4v) is 3.41. The minimum atomic E-state index is -4.06. The molecule has 0 saturated carbocycles. The van der Waals surface area contributed by atoms with Gasteiger partial charge in [0.05, 0.1) is 4.92 Å². The van der Waals surface area contributed by atoms with Crippen LogP contribution in [0, 0.1) is 15.9 Å². The first-order valence-corrected chi connectivity index (χ1v) is 6.46. The van der Waals surface area contributed by atoms with Gasteiger partial charge in [-0.3, -0.25) is 10.1 Å². The number of sulfonamides is 1. The summed E-state index contributed by atoms with van der Waals surface area (Å²) in [7, 11) is -4.06. The topological polar surface area (TPSA) is 107 Å². The van der Waals surface area contributed by atoms with Gasteiger partial charge in [0.25, 0.3) is 0 Å². The number of nitro benzene ring substituents is 1. The number of hydrogen-bond donors (Lipinski definition) is 1. The van der Waals surface area contributed by atoms with Crippen LogP contribution in [0.3, 0.4) is 0 Å². The molecule has 1 aromatic carbocycles. The zero-order chi connectivity index (χ0) is 13.5. The van der Waals surface area contributed by atoms with Gasteiger partial charge in [-0.05, 0) is 12.1 Å². The van der Waals surface area contributed by atoms with Gasteiger partial charge >= 0.3 is 5.69 Å². The van der Waals surface area contributed by atoms with E-state index in [1.807, 2.05) is 0 Å². The summed E-state index contributed by atoms with van der Waals surface area (Å²) >= 11 is 0. The number of nitrogens with zero attached hydrogens (tertiary/aromatic N) is 2. The second kappa shape index (κ2) is 4.26. The molecule has 0 radical (unpaired) electrons. The maximum Gasteiger partial charge on any atom is 0.324 e. The van der Waals surface area contributed by atoms with Crippen molar-refractivity contribution in [3.8, 4) is 0 Å². The molecule has 2 rings (SSSR count). The van der Waals surface area contributed by atoms with Crippen molar-refractivity contribution in [3.63, 3.8) is 0 Å². The van der Waals surface area contributed by atoms with Gasteiger partial charge in [-0.1, -0.05) is 6.07 Å². The van der Waals surface area contributed by atoms with E-state index < -0.39 is 31.3 Å². The number of nitro groups is 1. The largest absolute Gasteiger partial charge is 0.325 e. The van der Waals surface area contributed by atoms with E-state index in [-0.39, 0.29) is 19.1 Å². The highest BCUT2D eigenvalue weighted by Gasteiger charge is 2.39. The van der Waals surface area contributed by atoms with E-state index >= 15 is 0 Å². The molecule has 0 bridgehead atoms. The van der Waals surface area contributed by atoms with Crippen molar-refractivity contribution < 1.29 is 17.7 Å². The molecular weight excluding hydrogens is 265 g/mol. The summed E-state index contributed by atoms with van der Waals surface area (Å²) in [5, 5.41) is 10.7. The van der Waals surface area contributed by atoms with Crippen molar-refractivity contribution >= 4 is 15.7 Å². The minimum Gasteiger partial charge on any atom is -0.325 e. The summed E-state index contributed by atoms with van der Waals surface area (Å²) in [5.74, 6) is -1.18. The maximum absolute atomic E-state index is 13.3. The average Bonchev–Trinajstić information content (AvgIpc) is 2.23. The van der Waals surface area contributed by atoms with Crippen LogP contribution < -0.4 is 5.73 Å². The highest BCUT2D eigenvalue weighted by Crippen LogP contribution is 2.30. The minimum absolute atomic E-state index is 0.0794. The normalized spacial score (nSPS) is 17.4. The van der Waals surface area contributed by atoms with Crippen molar-refractivity contribution in [2.24, 2.45) is 5.73 Å². The van der Waals surface area contributed by atoms with Crippen molar-refractivity contribution in [1.82, 2.24) is 4.31 Å². The van der Waals surface area contributed by atoms with E-state index in [0.29, 0.717) is 0 Å². The Morgan fingerprint density at radius 1 is 1.44 bits per heavy atom. The molecule has 9 heteroatoms. The van der Waals surface area contributed by atoms with Gasteiger partial charge < -0.3 is 5.73 Å². The molecule has 0 aromatic heterocycles. The molecule has 2 N–H and O–H groups in total. The van der Waals surface area contributed by atoms with Crippen LogP contribution in [0.2, 0.25) is 0 Å². The zero-order valence-electron chi connectivity index (χ0n) is 9.11. The third-order valence-electron chi connectivity index (χ3n) is 2.63.